The van der Waals surface area contributed by atoms with Gasteiger partial charge in [-0.05, 0) is 71.7 Å². The quantitative estimate of drug-likeness (QED) is 0.840. The Balaban J connectivity index is 1.55. The van der Waals surface area contributed by atoms with Crippen LogP contribution in [0.5, 0.6) is 0 Å². The molecule has 1 aromatic carbocycles. The van der Waals surface area contributed by atoms with Gasteiger partial charge in [-0.3, -0.25) is 4.79 Å². The maximum absolute atomic E-state index is 13.2. The molecule has 3 aliphatic rings. The van der Waals surface area contributed by atoms with Gasteiger partial charge < -0.3 is 14.4 Å². The zero-order chi connectivity index (χ0) is 16.9. The predicted octanol–water partition coefficient (Wildman–Crippen LogP) is 3.69. The molecule has 5 heteroatoms. The zero-order valence-corrected chi connectivity index (χ0v) is 14.9. The highest BCUT2D eigenvalue weighted by Crippen LogP contribution is 2.47. The minimum Gasteiger partial charge on any atom is -0.338 e. The standard InChI is InChI=1S/C20H21NO3S/c22-19-20(23-7-1-8-24-20)17-11-15(10-16-6-9-25-13-16)4-5-18(17)21(19)12-14-2-3-14/h4-6,9,11,13-14H,1-3,7-8,10,12H2. The summed E-state index contributed by atoms with van der Waals surface area (Å²) in [5, 5.41) is 4.26. The Morgan fingerprint density at radius 1 is 1.16 bits per heavy atom. The fourth-order valence-electron chi connectivity index (χ4n) is 3.77. The number of carbonyl (C=O) groups is 1. The summed E-state index contributed by atoms with van der Waals surface area (Å²) in [4.78, 5) is 15.1. The lowest BCUT2D eigenvalue weighted by Crippen LogP contribution is -2.47. The number of nitrogens with zero attached hydrogens (tertiary/aromatic N) is 1. The summed E-state index contributed by atoms with van der Waals surface area (Å²) in [6, 6.07) is 8.47. The van der Waals surface area contributed by atoms with E-state index in [1.165, 1.54) is 24.0 Å². The highest BCUT2D eigenvalue weighted by Gasteiger charge is 2.55. The summed E-state index contributed by atoms with van der Waals surface area (Å²) in [5.74, 6) is -0.629. The molecule has 25 heavy (non-hydrogen) atoms. The van der Waals surface area contributed by atoms with E-state index < -0.39 is 5.79 Å². The van der Waals surface area contributed by atoms with Crippen LogP contribution in [-0.4, -0.2) is 25.7 Å². The Kier molecular flexibility index (Phi) is 3.69. The Morgan fingerprint density at radius 3 is 2.72 bits per heavy atom. The van der Waals surface area contributed by atoms with Gasteiger partial charge in [0, 0.05) is 12.1 Å². The Hall–Kier alpha value is -1.69. The third-order valence-electron chi connectivity index (χ3n) is 5.26. The van der Waals surface area contributed by atoms with E-state index in [9.17, 15) is 4.79 Å². The monoisotopic (exact) mass is 355 g/mol. The number of benzene rings is 1. The average Bonchev–Trinajstić information content (AvgIpc) is 3.28. The molecule has 130 valence electrons. The summed E-state index contributed by atoms with van der Waals surface area (Å²) in [5.41, 5.74) is 4.34. The molecule has 2 aromatic rings. The number of hydrogen-bond donors (Lipinski definition) is 0. The number of ether oxygens (including phenoxy) is 2. The molecule has 1 saturated heterocycles. The molecule has 2 aliphatic heterocycles. The Labute approximate surface area is 151 Å². The summed E-state index contributed by atoms with van der Waals surface area (Å²) in [7, 11) is 0. The molecule has 0 unspecified atom stereocenters. The smallest absolute Gasteiger partial charge is 0.292 e. The lowest BCUT2D eigenvalue weighted by molar-refractivity contribution is -0.256. The molecule has 1 amide bonds. The van der Waals surface area contributed by atoms with E-state index in [1.54, 1.807) is 11.3 Å². The van der Waals surface area contributed by atoms with Crippen LogP contribution in [-0.2, 0) is 26.5 Å². The van der Waals surface area contributed by atoms with E-state index >= 15 is 0 Å². The molecule has 5 rings (SSSR count). The Bertz CT molecular complexity index is 791. The van der Waals surface area contributed by atoms with Crippen molar-refractivity contribution in [2.24, 2.45) is 5.92 Å². The molecule has 1 aliphatic carbocycles. The van der Waals surface area contributed by atoms with Gasteiger partial charge in [0.15, 0.2) is 0 Å². The maximum Gasteiger partial charge on any atom is 0.292 e. The first-order chi connectivity index (χ1) is 12.3. The molecular formula is C20H21NO3S. The van der Waals surface area contributed by atoms with Crippen molar-refractivity contribution in [3.05, 3.63) is 51.7 Å². The fourth-order valence-corrected chi connectivity index (χ4v) is 4.44. The van der Waals surface area contributed by atoms with Gasteiger partial charge in [0.05, 0.1) is 18.9 Å². The van der Waals surface area contributed by atoms with Crippen LogP contribution in [0.2, 0.25) is 0 Å². The van der Waals surface area contributed by atoms with Crippen molar-refractivity contribution >= 4 is 22.9 Å². The van der Waals surface area contributed by atoms with Crippen LogP contribution in [0, 0.1) is 5.92 Å². The van der Waals surface area contributed by atoms with Crippen LogP contribution in [0.3, 0.4) is 0 Å². The molecular weight excluding hydrogens is 334 g/mol. The summed E-state index contributed by atoms with van der Waals surface area (Å²) in [6.07, 6.45) is 4.12. The molecule has 0 atom stereocenters. The van der Waals surface area contributed by atoms with Gasteiger partial charge in [0.1, 0.15) is 0 Å². The second-order valence-electron chi connectivity index (χ2n) is 7.19. The van der Waals surface area contributed by atoms with Crippen molar-refractivity contribution in [3.8, 4) is 0 Å². The molecule has 1 aromatic heterocycles. The summed E-state index contributed by atoms with van der Waals surface area (Å²) < 4.78 is 12.0. The molecule has 0 bridgehead atoms. The topological polar surface area (TPSA) is 38.8 Å². The van der Waals surface area contributed by atoms with E-state index in [0.29, 0.717) is 19.1 Å². The zero-order valence-electron chi connectivity index (χ0n) is 14.1. The van der Waals surface area contributed by atoms with Gasteiger partial charge in [-0.2, -0.15) is 11.3 Å². The molecule has 1 saturated carbocycles. The van der Waals surface area contributed by atoms with Gasteiger partial charge in [-0.15, -0.1) is 0 Å². The number of fused-ring (bicyclic) bond motifs is 2. The molecule has 1 spiro atoms. The SMILES string of the molecule is O=C1N(CC2CC2)c2ccc(Cc3ccsc3)cc2C12OCCCO2. The average molecular weight is 355 g/mol. The van der Waals surface area contributed by atoms with Gasteiger partial charge in [0.2, 0.25) is 0 Å². The van der Waals surface area contributed by atoms with Crippen molar-refractivity contribution < 1.29 is 14.3 Å². The highest BCUT2D eigenvalue weighted by atomic mass is 32.1. The molecule has 0 N–H and O–H groups in total. The second-order valence-corrected chi connectivity index (χ2v) is 7.97. The molecule has 4 nitrogen and oxygen atoms in total. The van der Waals surface area contributed by atoms with Crippen molar-refractivity contribution in [1.29, 1.82) is 0 Å². The van der Waals surface area contributed by atoms with Crippen LogP contribution >= 0.6 is 11.3 Å². The Morgan fingerprint density at radius 2 is 2.00 bits per heavy atom. The van der Waals surface area contributed by atoms with Crippen LogP contribution in [0.4, 0.5) is 5.69 Å². The van der Waals surface area contributed by atoms with Gasteiger partial charge in [0.25, 0.3) is 11.7 Å². The third kappa shape index (κ3) is 2.62. The number of thiophene rings is 1. The van der Waals surface area contributed by atoms with E-state index in [2.05, 4.69) is 35.0 Å². The lowest BCUT2D eigenvalue weighted by Gasteiger charge is -2.32. The summed E-state index contributed by atoms with van der Waals surface area (Å²) >= 11 is 1.71. The van der Waals surface area contributed by atoms with E-state index in [1.807, 2.05) is 4.90 Å². The first-order valence-electron chi connectivity index (χ1n) is 9.01. The molecule has 3 heterocycles. The number of anilines is 1. The first kappa shape index (κ1) is 15.6. The number of rotatable bonds is 4. The van der Waals surface area contributed by atoms with Crippen LogP contribution < -0.4 is 4.90 Å². The number of carbonyl (C=O) groups excluding carboxylic acids is 1. The van der Waals surface area contributed by atoms with Crippen molar-refractivity contribution in [1.82, 2.24) is 0 Å². The minimum absolute atomic E-state index is 0.0400. The third-order valence-corrected chi connectivity index (χ3v) is 5.99. The van der Waals surface area contributed by atoms with E-state index in [0.717, 1.165) is 30.6 Å². The minimum atomic E-state index is -1.22. The number of amides is 1. The van der Waals surface area contributed by atoms with Crippen LogP contribution in [0.25, 0.3) is 0 Å². The van der Waals surface area contributed by atoms with Crippen LogP contribution in [0.15, 0.2) is 35.0 Å². The van der Waals surface area contributed by atoms with E-state index in [4.69, 9.17) is 9.47 Å². The molecule has 2 fully saturated rings. The van der Waals surface area contributed by atoms with Crippen molar-refractivity contribution in [3.63, 3.8) is 0 Å². The van der Waals surface area contributed by atoms with Gasteiger partial charge in [-0.1, -0.05) is 6.07 Å². The summed E-state index contributed by atoms with van der Waals surface area (Å²) in [6.45, 7) is 1.92. The number of hydrogen-bond acceptors (Lipinski definition) is 4. The van der Waals surface area contributed by atoms with Gasteiger partial charge in [-0.25, -0.2) is 0 Å². The highest BCUT2D eigenvalue weighted by molar-refractivity contribution is 7.07. The lowest BCUT2D eigenvalue weighted by atomic mass is 10.00. The first-order valence-corrected chi connectivity index (χ1v) is 9.95. The van der Waals surface area contributed by atoms with Crippen LogP contribution in [0.1, 0.15) is 36.0 Å². The van der Waals surface area contributed by atoms with Crippen molar-refractivity contribution in [2.45, 2.75) is 31.5 Å². The molecule has 0 radical (unpaired) electrons. The van der Waals surface area contributed by atoms with E-state index in [-0.39, 0.29) is 5.91 Å². The normalized spacial score (nSPS) is 21.8. The van der Waals surface area contributed by atoms with Gasteiger partial charge >= 0.3 is 0 Å². The maximum atomic E-state index is 13.2. The van der Waals surface area contributed by atoms with Crippen molar-refractivity contribution in [2.75, 3.05) is 24.7 Å². The largest absolute Gasteiger partial charge is 0.338 e. The fraction of sp³-hybridized carbons (Fsp3) is 0.450. The second kappa shape index (κ2) is 5.94. The predicted molar refractivity (Wildman–Crippen MR) is 96.8 cm³/mol.